The van der Waals surface area contributed by atoms with Crippen LogP contribution >= 0.6 is 0 Å². The second-order valence-corrected chi connectivity index (χ2v) is 5.18. The molecule has 0 atom stereocenters. The average Bonchev–Trinajstić information content (AvgIpc) is 2.54. The summed E-state index contributed by atoms with van der Waals surface area (Å²) in [6, 6.07) is 9.42. The molecule has 0 bridgehead atoms. The van der Waals surface area contributed by atoms with Gasteiger partial charge in [0.25, 0.3) is 0 Å². The highest BCUT2D eigenvalue weighted by Gasteiger charge is 2.41. The van der Waals surface area contributed by atoms with Gasteiger partial charge in [0.2, 0.25) is 5.91 Å². The first-order chi connectivity index (χ1) is 10.9. The van der Waals surface area contributed by atoms with Gasteiger partial charge in [0.1, 0.15) is 0 Å². The highest BCUT2D eigenvalue weighted by Crippen LogP contribution is 2.32. The van der Waals surface area contributed by atoms with Crippen LogP contribution in [0.3, 0.4) is 0 Å². The van der Waals surface area contributed by atoms with Crippen molar-refractivity contribution in [3.8, 4) is 0 Å². The van der Waals surface area contributed by atoms with Crippen LogP contribution in [-0.2, 0) is 9.53 Å². The average molecular weight is 279 g/mol. The number of carbonyl (C=O) groups excluding carboxylic acids is 1. The molecular weight excluding hydrogens is 252 g/mol. The molecule has 1 N–H and O–H groups in total. The zero-order valence-electron chi connectivity index (χ0n) is 14.9. The minimum Gasteiger partial charge on any atom is -0.382 e. The van der Waals surface area contributed by atoms with Gasteiger partial charge in [-0.1, -0.05) is 25.1 Å². The van der Waals surface area contributed by atoms with Gasteiger partial charge in [-0.05, 0) is 38.1 Å². The van der Waals surface area contributed by atoms with Crippen LogP contribution in [0.4, 0.5) is 5.69 Å². The minimum absolute atomic E-state index is 0.00577. The Balaban J connectivity index is 2.37. The standard InChI is InChI=1S/C16H24N2O2/c1-3-15(19)18(14-7-5-4-6-8-14)16(13-20-2)9-11-17-12-10-16/h4-8,17H,3,9-13H2,1-2H3/i2D3. The number of benzene rings is 1. The first kappa shape index (κ1) is 11.3. The number of amides is 1. The van der Waals surface area contributed by atoms with E-state index in [4.69, 9.17) is 8.85 Å². The maximum Gasteiger partial charge on any atom is 0.227 e. The van der Waals surface area contributed by atoms with E-state index in [1.54, 1.807) is 4.90 Å². The molecule has 1 aromatic rings. The summed E-state index contributed by atoms with van der Waals surface area (Å²) in [6.07, 6.45) is 1.67. The zero-order chi connectivity index (χ0) is 16.9. The van der Waals surface area contributed by atoms with E-state index < -0.39 is 12.6 Å². The summed E-state index contributed by atoms with van der Waals surface area (Å²) in [5.41, 5.74) is 0.157. The molecule has 4 heteroatoms. The number of hydrogen-bond acceptors (Lipinski definition) is 3. The predicted octanol–water partition coefficient (Wildman–Crippen LogP) is 2.20. The van der Waals surface area contributed by atoms with Gasteiger partial charge >= 0.3 is 0 Å². The highest BCUT2D eigenvalue weighted by atomic mass is 16.5. The lowest BCUT2D eigenvalue weighted by Crippen LogP contribution is -2.59. The molecule has 0 saturated carbocycles. The maximum absolute atomic E-state index is 12.7. The molecule has 2 rings (SSSR count). The number of hydrogen-bond donors (Lipinski definition) is 1. The summed E-state index contributed by atoms with van der Waals surface area (Å²) in [5.74, 6) is -0.0211. The number of rotatable bonds is 5. The van der Waals surface area contributed by atoms with Crippen LogP contribution in [0.5, 0.6) is 0 Å². The number of methoxy groups -OCH3 is 1. The molecular formula is C16H24N2O2. The number of ether oxygens (including phenoxy) is 1. The SMILES string of the molecule is [2H]C([2H])([2H])OCC1(N(C(=O)CC)c2ccccc2)CCNCC1. The van der Waals surface area contributed by atoms with E-state index in [1.807, 2.05) is 37.3 Å². The van der Waals surface area contributed by atoms with Crippen molar-refractivity contribution in [1.82, 2.24) is 5.32 Å². The van der Waals surface area contributed by atoms with E-state index >= 15 is 0 Å². The Bertz CT molecular complexity index is 514. The second-order valence-electron chi connectivity index (χ2n) is 5.18. The number of para-hydroxylation sites is 1. The summed E-state index contributed by atoms with van der Waals surface area (Å²) < 4.78 is 27.1. The van der Waals surface area contributed by atoms with Crippen LogP contribution < -0.4 is 10.2 Å². The normalized spacial score (nSPS) is 20.6. The first-order valence-electron chi connectivity index (χ1n) is 8.61. The minimum atomic E-state index is -2.46. The fourth-order valence-corrected chi connectivity index (χ4v) is 2.88. The Morgan fingerprint density at radius 2 is 2.10 bits per heavy atom. The molecule has 0 radical (unpaired) electrons. The summed E-state index contributed by atoms with van der Waals surface area (Å²) in [7, 11) is -2.46. The molecule has 20 heavy (non-hydrogen) atoms. The van der Waals surface area contributed by atoms with Gasteiger partial charge in [0.05, 0.1) is 16.3 Å². The summed E-state index contributed by atoms with van der Waals surface area (Å²) >= 11 is 0. The number of piperidine rings is 1. The molecule has 1 aromatic carbocycles. The van der Waals surface area contributed by atoms with Crippen molar-refractivity contribution >= 4 is 11.6 Å². The fraction of sp³-hybridized carbons (Fsp3) is 0.562. The van der Waals surface area contributed by atoms with E-state index in [1.165, 1.54) is 0 Å². The third-order valence-corrected chi connectivity index (χ3v) is 3.92. The lowest BCUT2D eigenvalue weighted by atomic mass is 9.86. The van der Waals surface area contributed by atoms with Crippen LogP contribution in [0, 0.1) is 0 Å². The topological polar surface area (TPSA) is 41.6 Å². The van der Waals surface area contributed by atoms with Gasteiger partial charge < -0.3 is 15.0 Å². The van der Waals surface area contributed by atoms with Crippen molar-refractivity contribution in [2.24, 2.45) is 0 Å². The molecule has 1 amide bonds. The van der Waals surface area contributed by atoms with E-state index in [0.29, 0.717) is 19.3 Å². The molecule has 0 unspecified atom stereocenters. The van der Waals surface area contributed by atoms with Gasteiger partial charge in [-0.25, -0.2) is 0 Å². The van der Waals surface area contributed by atoms with Crippen molar-refractivity contribution in [2.45, 2.75) is 31.7 Å². The van der Waals surface area contributed by atoms with Crippen LogP contribution in [0.1, 0.15) is 30.3 Å². The molecule has 110 valence electrons. The summed E-state index contributed by atoms with van der Waals surface area (Å²) in [4.78, 5) is 14.4. The van der Waals surface area contributed by atoms with Gasteiger partial charge in [0.15, 0.2) is 0 Å². The molecule has 1 aliphatic heterocycles. The van der Waals surface area contributed by atoms with Crippen molar-refractivity contribution in [3.05, 3.63) is 30.3 Å². The van der Waals surface area contributed by atoms with Crippen molar-refractivity contribution < 1.29 is 13.6 Å². The Hall–Kier alpha value is -1.39. The van der Waals surface area contributed by atoms with Gasteiger partial charge in [-0.2, -0.15) is 0 Å². The first-order valence-corrected chi connectivity index (χ1v) is 7.11. The quantitative estimate of drug-likeness (QED) is 0.898. The third kappa shape index (κ3) is 3.02. The van der Waals surface area contributed by atoms with Crippen LogP contribution in [-0.4, -0.2) is 38.2 Å². The number of nitrogens with one attached hydrogen (secondary N) is 1. The van der Waals surface area contributed by atoms with Gasteiger partial charge in [-0.3, -0.25) is 4.79 Å². The third-order valence-electron chi connectivity index (χ3n) is 3.92. The van der Waals surface area contributed by atoms with Crippen molar-refractivity contribution in [1.29, 1.82) is 0 Å². The van der Waals surface area contributed by atoms with E-state index in [0.717, 1.165) is 18.8 Å². The molecule has 1 saturated heterocycles. The highest BCUT2D eigenvalue weighted by molar-refractivity contribution is 5.94. The number of carbonyl (C=O) groups is 1. The van der Waals surface area contributed by atoms with E-state index in [2.05, 4.69) is 5.32 Å². The Kier molecular flexibility index (Phi) is 3.87. The maximum atomic E-state index is 12.7. The van der Waals surface area contributed by atoms with Gasteiger partial charge in [0, 0.05) is 19.1 Å². The summed E-state index contributed by atoms with van der Waals surface area (Å²) in [6.45, 7) is 3.28. The van der Waals surface area contributed by atoms with Crippen molar-refractivity contribution in [3.63, 3.8) is 0 Å². The monoisotopic (exact) mass is 279 g/mol. The molecule has 4 nitrogen and oxygen atoms in total. The van der Waals surface area contributed by atoms with E-state index in [-0.39, 0.29) is 12.5 Å². The molecule has 0 aliphatic carbocycles. The smallest absolute Gasteiger partial charge is 0.227 e. The fourth-order valence-electron chi connectivity index (χ4n) is 2.88. The molecule has 1 fully saturated rings. The zero-order valence-corrected chi connectivity index (χ0v) is 11.9. The summed E-state index contributed by atoms with van der Waals surface area (Å²) in [5, 5.41) is 3.27. The molecule has 1 heterocycles. The van der Waals surface area contributed by atoms with E-state index in [9.17, 15) is 4.79 Å². The van der Waals surface area contributed by atoms with Crippen LogP contribution in [0.25, 0.3) is 0 Å². The Labute approximate surface area is 125 Å². The van der Waals surface area contributed by atoms with Gasteiger partial charge in [-0.15, -0.1) is 0 Å². The van der Waals surface area contributed by atoms with Crippen LogP contribution in [0.2, 0.25) is 0 Å². The predicted molar refractivity (Wildman–Crippen MR) is 80.9 cm³/mol. The number of anilines is 1. The largest absolute Gasteiger partial charge is 0.382 e. The lowest BCUT2D eigenvalue weighted by Gasteiger charge is -2.46. The lowest BCUT2D eigenvalue weighted by molar-refractivity contribution is -0.120. The Morgan fingerprint density at radius 3 is 2.70 bits per heavy atom. The van der Waals surface area contributed by atoms with Crippen LogP contribution in [0.15, 0.2) is 30.3 Å². The number of nitrogens with zero attached hydrogens (tertiary/aromatic N) is 1. The molecule has 0 spiro atoms. The molecule has 1 aliphatic rings. The second kappa shape index (κ2) is 6.86. The van der Waals surface area contributed by atoms with Crippen molar-refractivity contribution in [2.75, 3.05) is 31.6 Å². The molecule has 0 aromatic heterocycles. The Morgan fingerprint density at radius 1 is 1.40 bits per heavy atom.